The van der Waals surface area contributed by atoms with Crippen LogP contribution in [0.1, 0.15) is 45.1 Å². The van der Waals surface area contributed by atoms with Crippen LogP contribution in [0.3, 0.4) is 0 Å². The van der Waals surface area contributed by atoms with Crippen molar-refractivity contribution in [3.05, 3.63) is 53.6 Å². The minimum atomic E-state index is -1.98. The van der Waals surface area contributed by atoms with E-state index >= 15 is 4.39 Å². The highest BCUT2D eigenvalue weighted by molar-refractivity contribution is 8.13. The van der Waals surface area contributed by atoms with Gasteiger partial charge in [-0.3, -0.25) is 19.5 Å². The van der Waals surface area contributed by atoms with Crippen LogP contribution in [0.2, 0.25) is 0 Å². The Morgan fingerprint density at radius 3 is 2.76 bits per heavy atom. The first-order valence-electron chi connectivity index (χ1n) is 13.1. The lowest BCUT2D eigenvalue weighted by Gasteiger charge is -2.62. The Labute approximate surface area is 220 Å². The van der Waals surface area contributed by atoms with E-state index in [-0.39, 0.29) is 29.2 Å². The minimum absolute atomic E-state index is 0.0199. The van der Waals surface area contributed by atoms with Crippen molar-refractivity contribution in [3.8, 4) is 0 Å². The molecular weight excluding hydrogens is 496 g/mol. The summed E-state index contributed by atoms with van der Waals surface area (Å²) in [5.41, 5.74) is -2.77. The highest BCUT2D eigenvalue weighted by Gasteiger charge is 2.79. The van der Waals surface area contributed by atoms with E-state index in [1.807, 2.05) is 38.1 Å². The SMILES string of the molecule is Cc1ccccc1N1C[C@@H]2C[C@H]3[C@@H]4CCC5=CC(=O)C=C[C@]5(C)[C@@]4(F)[C@@H](O)C[C@]3(C)[C@]2(C(=O)SCF)O1. The molecule has 4 aliphatic carbocycles. The summed E-state index contributed by atoms with van der Waals surface area (Å²) in [6.07, 6.45) is 4.80. The van der Waals surface area contributed by atoms with E-state index in [1.165, 1.54) is 12.2 Å². The van der Waals surface area contributed by atoms with Crippen molar-refractivity contribution < 1.29 is 28.3 Å². The largest absolute Gasteiger partial charge is 0.390 e. The Bertz CT molecular complexity index is 1240. The number of aryl methyl sites for hydroxylation is 1. The second-order valence-electron chi connectivity index (χ2n) is 11.9. The molecule has 0 amide bonds. The minimum Gasteiger partial charge on any atom is -0.390 e. The summed E-state index contributed by atoms with van der Waals surface area (Å²) >= 11 is 0.608. The maximum Gasteiger partial charge on any atom is 0.226 e. The summed E-state index contributed by atoms with van der Waals surface area (Å²) in [7, 11) is 0. The fourth-order valence-electron chi connectivity index (χ4n) is 8.74. The fraction of sp³-hybridized carbons (Fsp3) is 0.586. The van der Waals surface area contributed by atoms with Gasteiger partial charge in [0, 0.05) is 22.7 Å². The Hall–Kier alpha value is -2.03. The molecule has 0 aromatic heterocycles. The third-order valence-electron chi connectivity index (χ3n) is 10.5. The molecule has 3 saturated carbocycles. The van der Waals surface area contributed by atoms with Crippen molar-refractivity contribution >= 4 is 28.3 Å². The van der Waals surface area contributed by atoms with E-state index in [0.29, 0.717) is 37.6 Å². The van der Waals surface area contributed by atoms with Crippen LogP contribution in [-0.2, 0) is 14.4 Å². The highest BCUT2D eigenvalue weighted by atomic mass is 32.2. The number of hydroxylamine groups is 1. The van der Waals surface area contributed by atoms with Crippen molar-refractivity contribution in [1.29, 1.82) is 0 Å². The third kappa shape index (κ3) is 3.03. The van der Waals surface area contributed by atoms with E-state index < -0.39 is 40.1 Å². The van der Waals surface area contributed by atoms with Crippen LogP contribution < -0.4 is 5.06 Å². The fourth-order valence-corrected chi connectivity index (χ4v) is 9.49. The van der Waals surface area contributed by atoms with Gasteiger partial charge in [-0.05, 0) is 69.2 Å². The lowest BCUT2D eigenvalue weighted by atomic mass is 9.45. The van der Waals surface area contributed by atoms with Gasteiger partial charge in [-0.15, -0.1) is 0 Å². The number of carbonyl (C=O) groups is 2. The smallest absolute Gasteiger partial charge is 0.226 e. The maximum atomic E-state index is 17.5. The number of hydrogen-bond acceptors (Lipinski definition) is 6. The quantitative estimate of drug-likeness (QED) is 0.576. The molecule has 5 aliphatic rings. The van der Waals surface area contributed by atoms with Gasteiger partial charge in [0.25, 0.3) is 0 Å². The number of benzene rings is 1. The van der Waals surface area contributed by atoms with Gasteiger partial charge in [0.1, 0.15) is 6.01 Å². The first kappa shape index (κ1) is 25.3. The molecule has 5 nitrogen and oxygen atoms in total. The summed E-state index contributed by atoms with van der Waals surface area (Å²) < 4.78 is 31.0. The molecule has 1 heterocycles. The molecule has 8 heteroatoms. The van der Waals surface area contributed by atoms with Crippen LogP contribution in [0, 0.1) is 35.5 Å². The Kier molecular flexibility index (Phi) is 5.62. The topological polar surface area (TPSA) is 66.8 Å². The van der Waals surface area contributed by atoms with Crippen LogP contribution in [0.4, 0.5) is 14.5 Å². The van der Waals surface area contributed by atoms with E-state index in [2.05, 4.69) is 0 Å². The maximum absolute atomic E-state index is 17.5. The number of alkyl halides is 2. The standard InChI is InChI=1S/C29H33F2NO4S/c1-17-6-4-5-7-23(17)32-15-19-13-22-21-9-8-18-12-20(33)10-11-26(18,2)28(21,31)24(34)14-27(22,3)29(19,36-32)25(35)37-16-30/h4-7,10-12,19,21-22,24,34H,8-9,13-16H2,1-3H3/t19-,21-,22-,24-,26-,27-,28-,29-/m0/s1. The first-order valence-corrected chi connectivity index (χ1v) is 14.1. The molecule has 0 radical (unpaired) electrons. The Morgan fingerprint density at radius 1 is 1.27 bits per heavy atom. The zero-order chi connectivity index (χ0) is 26.4. The summed E-state index contributed by atoms with van der Waals surface area (Å²) in [5.74, 6) is -1.19. The number of rotatable bonds is 3. The van der Waals surface area contributed by atoms with Gasteiger partial charge in [0.2, 0.25) is 5.12 Å². The number of anilines is 1. The second-order valence-corrected chi connectivity index (χ2v) is 12.8. The number of allylic oxidation sites excluding steroid dienone is 4. The van der Waals surface area contributed by atoms with Crippen molar-refractivity contribution in [3.63, 3.8) is 0 Å². The van der Waals surface area contributed by atoms with Crippen LogP contribution >= 0.6 is 11.8 Å². The molecule has 1 saturated heterocycles. The number of halogens is 2. The molecule has 4 fully saturated rings. The van der Waals surface area contributed by atoms with E-state index in [1.54, 1.807) is 18.1 Å². The average molecular weight is 530 g/mol. The van der Waals surface area contributed by atoms with Gasteiger partial charge >= 0.3 is 0 Å². The summed E-state index contributed by atoms with van der Waals surface area (Å²) in [4.78, 5) is 32.5. The number of carbonyl (C=O) groups excluding carboxylic acids is 2. The molecule has 6 rings (SSSR count). The van der Waals surface area contributed by atoms with Gasteiger partial charge < -0.3 is 5.11 Å². The summed E-state index contributed by atoms with van der Waals surface area (Å²) in [6, 6.07) is 6.88. The molecular formula is C29H33F2NO4S. The van der Waals surface area contributed by atoms with Gasteiger partial charge in [-0.2, -0.15) is 0 Å². The monoisotopic (exact) mass is 529 g/mol. The van der Waals surface area contributed by atoms with Crippen molar-refractivity contribution in [2.75, 3.05) is 17.6 Å². The number of thioether (sulfide) groups is 1. The van der Waals surface area contributed by atoms with Crippen molar-refractivity contribution in [2.24, 2.45) is 28.6 Å². The van der Waals surface area contributed by atoms with Crippen molar-refractivity contribution in [2.45, 2.75) is 63.8 Å². The third-order valence-corrected chi connectivity index (χ3v) is 11.2. The van der Waals surface area contributed by atoms with Crippen LogP contribution in [0.15, 0.2) is 48.1 Å². The number of fused-ring (bicyclic) bond motifs is 7. The lowest BCUT2D eigenvalue weighted by molar-refractivity contribution is -0.220. The first-order chi connectivity index (χ1) is 17.5. The van der Waals surface area contributed by atoms with Crippen LogP contribution in [0.25, 0.3) is 0 Å². The average Bonchev–Trinajstić information content (AvgIpc) is 3.34. The molecule has 0 bridgehead atoms. The number of nitrogens with zero attached hydrogens (tertiary/aromatic N) is 1. The molecule has 0 unspecified atom stereocenters. The molecule has 37 heavy (non-hydrogen) atoms. The number of aliphatic hydroxyl groups is 1. The van der Waals surface area contributed by atoms with E-state index in [0.717, 1.165) is 16.8 Å². The second kappa shape index (κ2) is 8.23. The molecule has 1 aromatic rings. The summed E-state index contributed by atoms with van der Waals surface area (Å²) in [6.45, 7) is 6.13. The van der Waals surface area contributed by atoms with E-state index in [4.69, 9.17) is 4.84 Å². The van der Waals surface area contributed by atoms with E-state index in [9.17, 15) is 19.1 Å². The molecule has 198 valence electrons. The number of ketones is 1. The lowest BCUT2D eigenvalue weighted by Crippen LogP contribution is -2.69. The zero-order valence-corrected chi connectivity index (χ0v) is 22.2. The van der Waals surface area contributed by atoms with Gasteiger partial charge in [-0.25, -0.2) is 8.78 Å². The molecule has 0 spiro atoms. The van der Waals surface area contributed by atoms with Crippen molar-refractivity contribution in [1.82, 2.24) is 0 Å². The molecule has 1 N–H and O–H groups in total. The molecule has 1 aliphatic heterocycles. The number of para-hydroxylation sites is 1. The Balaban J connectivity index is 1.44. The molecule has 1 aromatic carbocycles. The normalized spacial score (nSPS) is 44.1. The summed E-state index contributed by atoms with van der Waals surface area (Å²) in [5, 5.41) is 13.0. The van der Waals surface area contributed by atoms with Gasteiger partial charge in [0.05, 0.1) is 18.3 Å². The van der Waals surface area contributed by atoms with Gasteiger partial charge in [0.15, 0.2) is 17.1 Å². The van der Waals surface area contributed by atoms with Crippen LogP contribution in [0.5, 0.6) is 0 Å². The zero-order valence-electron chi connectivity index (χ0n) is 21.4. The predicted molar refractivity (Wildman–Crippen MR) is 138 cm³/mol. The molecule has 8 atom stereocenters. The number of hydrogen-bond donors (Lipinski definition) is 1. The van der Waals surface area contributed by atoms with Gasteiger partial charge in [-0.1, -0.05) is 48.5 Å². The Morgan fingerprint density at radius 2 is 2.03 bits per heavy atom. The van der Waals surface area contributed by atoms with Crippen LogP contribution in [-0.4, -0.2) is 45.9 Å². The highest BCUT2D eigenvalue weighted by Crippen LogP contribution is 2.73. The number of aliphatic hydroxyl groups excluding tert-OH is 1. The predicted octanol–water partition coefficient (Wildman–Crippen LogP) is 5.27.